The molecule has 2 unspecified atom stereocenters. The van der Waals surface area contributed by atoms with E-state index < -0.39 is 6.17 Å². The molecule has 35 heavy (non-hydrogen) atoms. The summed E-state index contributed by atoms with van der Waals surface area (Å²) in [7, 11) is 0. The fourth-order valence-corrected chi connectivity index (χ4v) is 5.30. The third-order valence-electron chi connectivity index (χ3n) is 7.34. The molecule has 2 fully saturated rings. The van der Waals surface area contributed by atoms with Crippen molar-refractivity contribution >= 4 is 17.4 Å². The minimum atomic E-state index is -0.866. The first-order valence-corrected chi connectivity index (χ1v) is 12.2. The highest BCUT2D eigenvalue weighted by Crippen LogP contribution is 2.31. The summed E-state index contributed by atoms with van der Waals surface area (Å²) in [6.07, 6.45) is 0.624. The Hall–Kier alpha value is -3.11. The number of hydrogen-bond acceptors (Lipinski definition) is 3. The second-order valence-electron chi connectivity index (χ2n) is 9.83. The fourth-order valence-electron chi connectivity index (χ4n) is 5.30. The highest BCUT2D eigenvalue weighted by molar-refractivity contribution is 5.98. The lowest BCUT2D eigenvalue weighted by Gasteiger charge is -2.41. The molecule has 2 aliphatic rings. The van der Waals surface area contributed by atoms with Gasteiger partial charge in [0.25, 0.3) is 0 Å². The van der Waals surface area contributed by atoms with E-state index in [2.05, 4.69) is 9.74 Å². The molecule has 5 nitrogen and oxygen atoms in total. The number of Topliss-reactive ketones (excluding diaryl/α,β-unsaturated/α-hetero) is 1. The standard InChI is InChI=1S/C28H31F2N3O2/c1-18-16-32(9-10-33(18)28(35)21-7-8-24(29)11-21)17-23-13-25(30)12-22(19(23)2)15-27(34)20-5-4-6-26(14-20)31-3/h4-6,12-14,18,21,24H,7-11,15-17H2,1-2H3/t18-,21?,24?/m0/s1. The van der Waals surface area contributed by atoms with E-state index in [9.17, 15) is 18.4 Å². The SMILES string of the molecule is [C-]#[N+]c1cccc(C(=O)Cc2cc(F)cc(CN3CCN(C(=O)C4CCC(F)C4)[C@@H](C)C3)c2C)c1. The predicted molar refractivity (Wildman–Crippen MR) is 131 cm³/mol. The van der Waals surface area contributed by atoms with Crippen LogP contribution in [-0.2, 0) is 17.8 Å². The Bertz CT molecular complexity index is 1160. The second-order valence-corrected chi connectivity index (χ2v) is 9.83. The number of amides is 1. The van der Waals surface area contributed by atoms with Crippen LogP contribution in [0.3, 0.4) is 0 Å². The van der Waals surface area contributed by atoms with Crippen LogP contribution in [0.2, 0.25) is 0 Å². The van der Waals surface area contributed by atoms with E-state index >= 15 is 0 Å². The third kappa shape index (κ3) is 5.76. The van der Waals surface area contributed by atoms with Gasteiger partial charge in [0.15, 0.2) is 11.5 Å². The molecule has 0 radical (unpaired) electrons. The van der Waals surface area contributed by atoms with E-state index in [1.54, 1.807) is 24.3 Å². The molecule has 1 saturated carbocycles. The lowest BCUT2D eigenvalue weighted by molar-refractivity contribution is -0.140. The molecule has 2 aromatic carbocycles. The zero-order valence-corrected chi connectivity index (χ0v) is 20.3. The van der Waals surface area contributed by atoms with Gasteiger partial charge in [0.05, 0.1) is 6.57 Å². The van der Waals surface area contributed by atoms with Gasteiger partial charge in [-0.2, -0.15) is 0 Å². The predicted octanol–water partition coefficient (Wildman–Crippen LogP) is 5.28. The molecular formula is C28H31F2N3O2. The average Bonchev–Trinajstić information content (AvgIpc) is 3.28. The molecule has 0 spiro atoms. The van der Waals surface area contributed by atoms with Gasteiger partial charge in [-0.25, -0.2) is 13.6 Å². The van der Waals surface area contributed by atoms with E-state index in [1.807, 2.05) is 18.7 Å². The number of alkyl halides is 1. The highest BCUT2D eigenvalue weighted by atomic mass is 19.1. The number of piperazine rings is 1. The monoisotopic (exact) mass is 479 g/mol. The van der Waals surface area contributed by atoms with Gasteiger partial charge in [-0.3, -0.25) is 14.5 Å². The summed E-state index contributed by atoms with van der Waals surface area (Å²) in [6, 6.07) is 9.49. The Morgan fingerprint density at radius 1 is 1.14 bits per heavy atom. The summed E-state index contributed by atoms with van der Waals surface area (Å²) in [5.74, 6) is -0.687. The van der Waals surface area contributed by atoms with Crippen molar-refractivity contribution < 1.29 is 18.4 Å². The van der Waals surface area contributed by atoms with Crippen LogP contribution in [0.25, 0.3) is 4.85 Å². The molecule has 1 aliphatic carbocycles. The number of ketones is 1. The van der Waals surface area contributed by atoms with Crippen molar-refractivity contribution in [2.45, 2.75) is 58.3 Å². The van der Waals surface area contributed by atoms with E-state index in [1.165, 1.54) is 12.1 Å². The van der Waals surface area contributed by atoms with Gasteiger partial charge >= 0.3 is 0 Å². The van der Waals surface area contributed by atoms with Gasteiger partial charge in [0.1, 0.15) is 12.0 Å². The van der Waals surface area contributed by atoms with Crippen molar-refractivity contribution in [3.63, 3.8) is 0 Å². The molecule has 1 saturated heterocycles. The molecule has 4 rings (SSSR count). The summed E-state index contributed by atoms with van der Waals surface area (Å²) in [4.78, 5) is 33.1. The largest absolute Gasteiger partial charge is 0.337 e. The van der Waals surface area contributed by atoms with Crippen molar-refractivity contribution in [2.24, 2.45) is 5.92 Å². The smallest absolute Gasteiger partial charge is 0.226 e. The first-order chi connectivity index (χ1) is 16.7. The van der Waals surface area contributed by atoms with Gasteiger partial charge in [-0.15, -0.1) is 0 Å². The Labute approximate surface area is 205 Å². The van der Waals surface area contributed by atoms with E-state index in [0.717, 1.165) is 11.1 Å². The molecule has 1 heterocycles. The van der Waals surface area contributed by atoms with Crippen LogP contribution in [0.5, 0.6) is 0 Å². The molecule has 0 N–H and O–H groups in total. The zero-order valence-electron chi connectivity index (χ0n) is 20.3. The molecular weight excluding hydrogens is 448 g/mol. The van der Waals surface area contributed by atoms with Crippen molar-refractivity contribution in [1.82, 2.24) is 9.80 Å². The van der Waals surface area contributed by atoms with Crippen molar-refractivity contribution in [3.8, 4) is 0 Å². The van der Waals surface area contributed by atoms with E-state index in [4.69, 9.17) is 6.57 Å². The number of benzene rings is 2. The highest BCUT2D eigenvalue weighted by Gasteiger charge is 2.36. The maximum absolute atomic E-state index is 14.5. The Morgan fingerprint density at radius 3 is 2.60 bits per heavy atom. The molecule has 1 amide bonds. The quantitative estimate of drug-likeness (QED) is 0.418. The Morgan fingerprint density at radius 2 is 1.91 bits per heavy atom. The lowest BCUT2D eigenvalue weighted by atomic mass is 9.95. The normalized spacial score (nSPS) is 22.7. The molecule has 7 heteroatoms. The van der Waals surface area contributed by atoms with Crippen LogP contribution in [0.4, 0.5) is 14.5 Å². The summed E-state index contributed by atoms with van der Waals surface area (Å²) in [5.41, 5.74) is 3.19. The van der Waals surface area contributed by atoms with Crippen LogP contribution in [-0.4, -0.2) is 53.3 Å². The third-order valence-corrected chi connectivity index (χ3v) is 7.34. The summed E-state index contributed by atoms with van der Waals surface area (Å²) < 4.78 is 28.1. The number of rotatable bonds is 6. The second kappa shape index (κ2) is 10.7. The minimum Gasteiger partial charge on any atom is -0.337 e. The molecule has 3 atom stereocenters. The first kappa shape index (κ1) is 25.0. The topological polar surface area (TPSA) is 45.0 Å². The number of carbonyl (C=O) groups is 2. The maximum atomic E-state index is 14.5. The maximum Gasteiger partial charge on any atom is 0.226 e. The number of hydrogen-bond donors (Lipinski definition) is 0. The fraction of sp³-hybridized carbons (Fsp3) is 0.464. The Kier molecular flexibility index (Phi) is 7.61. The van der Waals surface area contributed by atoms with Crippen molar-refractivity contribution in [3.05, 3.63) is 75.9 Å². The molecule has 2 aromatic rings. The molecule has 184 valence electrons. The first-order valence-electron chi connectivity index (χ1n) is 12.2. The summed E-state index contributed by atoms with van der Waals surface area (Å²) in [6.45, 7) is 13.5. The van der Waals surface area contributed by atoms with Crippen LogP contribution in [0.1, 0.15) is 53.2 Å². The van der Waals surface area contributed by atoms with Gasteiger partial charge in [0, 0.05) is 50.1 Å². The van der Waals surface area contributed by atoms with Crippen molar-refractivity contribution in [2.75, 3.05) is 19.6 Å². The van der Waals surface area contributed by atoms with Crippen molar-refractivity contribution in [1.29, 1.82) is 0 Å². The van der Waals surface area contributed by atoms with Gasteiger partial charge in [-0.05, 0) is 68.0 Å². The molecule has 1 aliphatic heterocycles. The number of nitrogens with zero attached hydrogens (tertiary/aromatic N) is 3. The number of halogens is 2. The lowest BCUT2D eigenvalue weighted by Crippen LogP contribution is -2.54. The number of carbonyl (C=O) groups excluding carboxylic acids is 2. The van der Waals surface area contributed by atoms with Gasteiger partial charge in [0.2, 0.25) is 5.91 Å². The van der Waals surface area contributed by atoms with Crippen LogP contribution in [0.15, 0.2) is 36.4 Å². The average molecular weight is 480 g/mol. The van der Waals surface area contributed by atoms with E-state index in [0.29, 0.717) is 62.3 Å². The van der Waals surface area contributed by atoms with Crippen LogP contribution >= 0.6 is 0 Å². The minimum absolute atomic E-state index is 0.000416. The van der Waals surface area contributed by atoms with Gasteiger partial charge in [-0.1, -0.05) is 18.2 Å². The van der Waals surface area contributed by atoms with Crippen LogP contribution < -0.4 is 0 Å². The van der Waals surface area contributed by atoms with Gasteiger partial charge < -0.3 is 4.90 Å². The molecule has 0 bridgehead atoms. The molecule has 0 aromatic heterocycles. The summed E-state index contributed by atoms with van der Waals surface area (Å²) >= 11 is 0. The van der Waals surface area contributed by atoms with Crippen LogP contribution in [0, 0.1) is 25.2 Å². The zero-order chi connectivity index (χ0) is 25.1. The van der Waals surface area contributed by atoms with E-state index in [-0.39, 0.29) is 35.9 Å². The summed E-state index contributed by atoms with van der Waals surface area (Å²) in [5, 5.41) is 0. The Balaban J connectivity index is 1.42.